The van der Waals surface area contributed by atoms with Gasteiger partial charge in [-0.3, -0.25) is 4.79 Å². The lowest BCUT2D eigenvalue weighted by Crippen LogP contribution is -2.39. The van der Waals surface area contributed by atoms with Crippen LogP contribution >= 0.6 is 0 Å². The zero-order chi connectivity index (χ0) is 20.6. The average molecular weight is 391 g/mol. The van der Waals surface area contributed by atoms with Gasteiger partial charge in [0.05, 0.1) is 30.8 Å². The van der Waals surface area contributed by atoms with Crippen LogP contribution in [0.5, 0.6) is 0 Å². The van der Waals surface area contributed by atoms with Crippen molar-refractivity contribution in [3.8, 4) is 0 Å². The van der Waals surface area contributed by atoms with Gasteiger partial charge in [-0.05, 0) is 43.5 Å². The highest BCUT2D eigenvalue weighted by atomic mass is 16.5. The van der Waals surface area contributed by atoms with Gasteiger partial charge in [-0.15, -0.1) is 0 Å². The smallest absolute Gasteiger partial charge is 0.338 e. The summed E-state index contributed by atoms with van der Waals surface area (Å²) in [5.41, 5.74) is 2.74. The molecule has 29 heavy (non-hydrogen) atoms. The SMILES string of the molecule is COC(=O)c1ccccc1C(=O)N(Cc1ccoc1)[C@@H](C)CCc1ccccc1. The topological polar surface area (TPSA) is 59.8 Å². The van der Waals surface area contributed by atoms with Crippen molar-refractivity contribution < 1.29 is 18.7 Å². The third-order valence-electron chi connectivity index (χ3n) is 4.98. The van der Waals surface area contributed by atoms with Crippen molar-refractivity contribution in [3.63, 3.8) is 0 Å². The van der Waals surface area contributed by atoms with Crippen LogP contribution in [0.4, 0.5) is 0 Å². The van der Waals surface area contributed by atoms with Crippen LogP contribution in [0, 0.1) is 0 Å². The molecule has 0 spiro atoms. The van der Waals surface area contributed by atoms with Gasteiger partial charge in [-0.2, -0.15) is 0 Å². The fourth-order valence-corrected chi connectivity index (χ4v) is 3.30. The number of carbonyl (C=O) groups is 2. The van der Waals surface area contributed by atoms with Crippen LogP contribution < -0.4 is 0 Å². The van der Waals surface area contributed by atoms with E-state index in [1.54, 1.807) is 41.7 Å². The second-order valence-electron chi connectivity index (χ2n) is 6.98. The summed E-state index contributed by atoms with van der Waals surface area (Å²) in [7, 11) is 1.31. The predicted octanol–water partition coefficient (Wildman–Crippen LogP) is 4.73. The second-order valence-corrected chi connectivity index (χ2v) is 6.98. The zero-order valence-corrected chi connectivity index (χ0v) is 16.7. The van der Waals surface area contributed by atoms with E-state index < -0.39 is 5.97 Å². The number of methoxy groups -OCH3 is 1. The Labute approximate surface area is 170 Å². The number of amides is 1. The van der Waals surface area contributed by atoms with Crippen LogP contribution in [0.1, 0.15) is 45.2 Å². The highest BCUT2D eigenvalue weighted by Crippen LogP contribution is 2.20. The molecule has 0 saturated carbocycles. The third kappa shape index (κ3) is 5.13. The molecule has 0 radical (unpaired) electrons. The summed E-state index contributed by atoms with van der Waals surface area (Å²) < 4.78 is 10.0. The minimum atomic E-state index is -0.519. The molecule has 0 aliphatic heterocycles. The van der Waals surface area contributed by atoms with Gasteiger partial charge in [0.2, 0.25) is 0 Å². The fraction of sp³-hybridized carbons (Fsp3) is 0.250. The quantitative estimate of drug-likeness (QED) is 0.521. The van der Waals surface area contributed by atoms with Crippen LogP contribution in [-0.4, -0.2) is 29.9 Å². The van der Waals surface area contributed by atoms with Crippen molar-refractivity contribution in [1.82, 2.24) is 4.90 Å². The molecule has 0 fully saturated rings. The molecule has 0 bridgehead atoms. The van der Waals surface area contributed by atoms with Crippen LogP contribution in [-0.2, 0) is 17.7 Å². The highest BCUT2D eigenvalue weighted by molar-refractivity contribution is 6.05. The Morgan fingerprint density at radius 2 is 1.66 bits per heavy atom. The molecule has 5 heteroatoms. The first kappa shape index (κ1) is 20.4. The fourth-order valence-electron chi connectivity index (χ4n) is 3.30. The minimum Gasteiger partial charge on any atom is -0.472 e. The van der Waals surface area contributed by atoms with Gasteiger partial charge in [0.15, 0.2) is 0 Å². The van der Waals surface area contributed by atoms with E-state index in [2.05, 4.69) is 12.1 Å². The lowest BCUT2D eigenvalue weighted by Gasteiger charge is -2.30. The summed E-state index contributed by atoms with van der Waals surface area (Å²) in [5.74, 6) is -0.720. The van der Waals surface area contributed by atoms with Crippen molar-refractivity contribution in [2.24, 2.45) is 0 Å². The summed E-state index contributed by atoms with van der Waals surface area (Å²) in [5, 5.41) is 0. The first-order chi connectivity index (χ1) is 14.1. The van der Waals surface area contributed by atoms with Gasteiger partial charge in [-0.1, -0.05) is 42.5 Å². The van der Waals surface area contributed by atoms with E-state index in [4.69, 9.17) is 9.15 Å². The van der Waals surface area contributed by atoms with Gasteiger partial charge in [0, 0.05) is 18.2 Å². The minimum absolute atomic E-state index is 0.0386. The average Bonchev–Trinajstić information content (AvgIpc) is 3.29. The number of carbonyl (C=O) groups excluding carboxylic acids is 2. The van der Waals surface area contributed by atoms with Crippen molar-refractivity contribution in [3.05, 3.63) is 95.4 Å². The largest absolute Gasteiger partial charge is 0.472 e. The van der Waals surface area contributed by atoms with Crippen molar-refractivity contribution in [2.45, 2.75) is 32.4 Å². The number of hydrogen-bond donors (Lipinski definition) is 0. The standard InChI is InChI=1S/C24H25NO4/c1-18(12-13-19-8-4-3-5-9-19)25(16-20-14-15-29-17-20)23(26)21-10-6-7-11-22(21)24(27)28-2/h3-11,14-15,17-18H,12-13,16H2,1-2H3/t18-/m0/s1. The summed E-state index contributed by atoms with van der Waals surface area (Å²) in [4.78, 5) is 27.4. The molecule has 2 aromatic carbocycles. The van der Waals surface area contributed by atoms with E-state index in [1.807, 2.05) is 31.2 Å². The van der Waals surface area contributed by atoms with Crippen molar-refractivity contribution in [2.75, 3.05) is 7.11 Å². The normalized spacial score (nSPS) is 11.7. The molecule has 5 nitrogen and oxygen atoms in total. The van der Waals surface area contributed by atoms with Crippen LogP contribution in [0.15, 0.2) is 77.6 Å². The first-order valence-electron chi connectivity index (χ1n) is 9.63. The van der Waals surface area contributed by atoms with Crippen LogP contribution in [0.2, 0.25) is 0 Å². The molecule has 1 atom stereocenters. The Bertz CT molecular complexity index is 935. The molecular weight excluding hydrogens is 366 g/mol. The van der Waals surface area contributed by atoms with E-state index in [-0.39, 0.29) is 17.5 Å². The number of aryl methyl sites for hydroxylation is 1. The highest BCUT2D eigenvalue weighted by Gasteiger charge is 2.26. The second kappa shape index (κ2) is 9.73. The van der Waals surface area contributed by atoms with E-state index >= 15 is 0 Å². The summed E-state index contributed by atoms with van der Waals surface area (Å²) >= 11 is 0. The van der Waals surface area contributed by atoms with Gasteiger partial charge in [0.25, 0.3) is 5.91 Å². The third-order valence-corrected chi connectivity index (χ3v) is 4.98. The maximum atomic E-state index is 13.5. The monoisotopic (exact) mass is 391 g/mol. The maximum absolute atomic E-state index is 13.5. The number of benzene rings is 2. The molecule has 0 aliphatic rings. The van der Waals surface area contributed by atoms with Gasteiger partial charge in [-0.25, -0.2) is 4.79 Å². The Kier molecular flexibility index (Phi) is 6.85. The summed E-state index contributed by atoms with van der Waals surface area (Å²) in [6.07, 6.45) is 4.88. The number of esters is 1. The molecular formula is C24H25NO4. The molecule has 0 unspecified atom stereocenters. The number of rotatable bonds is 8. The molecule has 0 saturated heterocycles. The number of ether oxygens (including phenoxy) is 1. The molecule has 1 aromatic heterocycles. The molecule has 3 aromatic rings. The molecule has 0 aliphatic carbocycles. The Morgan fingerprint density at radius 1 is 0.966 bits per heavy atom. The maximum Gasteiger partial charge on any atom is 0.338 e. The van der Waals surface area contributed by atoms with Crippen molar-refractivity contribution in [1.29, 1.82) is 0 Å². The summed E-state index contributed by atoms with van der Waals surface area (Å²) in [6, 6.07) is 18.8. The van der Waals surface area contributed by atoms with E-state index in [0.29, 0.717) is 12.1 Å². The van der Waals surface area contributed by atoms with Crippen LogP contribution in [0.3, 0.4) is 0 Å². The molecule has 0 N–H and O–H groups in total. The Hall–Kier alpha value is -3.34. The number of furan rings is 1. The van der Waals surface area contributed by atoms with Gasteiger partial charge >= 0.3 is 5.97 Å². The van der Waals surface area contributed by atoms with Crippen LogP contribution in [0.25, 0.3) is 0 Å². The summed E-state index contributed by atoms with van der Waals surface area (Å²) in [6.45, 7) is 2.43. The molecule has 1 amide bonds. The van der Waals surface area contributed by atoms with E-state index in [0.717, 1.165) is 18.4 Å². The van der Waals surface area contributed by atoms with E-state index in [9.17, 15) is 9.59 Å². The molecule has 1 heterocycles. The number of nitrogens with zero attached hydrogens (tertiary/aromatic N) is 1. The predicted molar refractivity (Wildman–Crippen MR) is 111 cm³/mol. The zero-order valence-electron chi connectivity index (χ0n) is 16.7. The Balaban J connectivity index is 1.85. The first-order valence-corrected chi connectivity index (χ1v) is 9.63. The van der Waals surface area contributed by atoms with Gasteiger partial charge < -0.3 is 14.1 Å². The van der Waals surface area contributed by atoms with E-state index in [1.165, 1.54) is 12.7 Å². The Morgan fingerprint density at radius 3 is 2.31 bits per heavy atom. The van der Waals surface area contributed by atoms with Crippen molar-refractivity contribution >= 4 is 11.9 Å². The lowest BCUT2D eigenvalue weighted by molar-refractivity contribution is 0.0579. The number of hydrogen-bond acceptors (Lipinski definition) is 4. The molecule has 3 rings (SSSR count). The van der Waals surface area contributed by atoms with Gasteiger partial charge in [0.1, 0.15) is 0 Å². The lowest BCUT2D eigenvalue weighted by atomic mass is 10.0. The molecule has 150 valence electrons.